The summed E-state index contributed by atoms with van der Waals surface area (Å²) in [6.45, 7) is 6.39. The molecule has 0 saturated carbocycles. The minimum Gasteiger partial charge on any atom is -0.369 e. The lowest BCUT2D eigenvalue weighted by molar-refractivity contribution is 0.247. The fourth-order valence-corrected chi connectivity index (χ4v) is 4.91. The van der Waals surface area contributed by atoms with Gasteiger partial charge in [-0.2, -0.15) is 0 Å². The Hall–Kier alpha value is -2.37. The summed E-state index contributed by atoms with van der Waals surface area (Å²) in [6, 6.07) is 16.0. The van der Waals surface area contributed by atoms with E-state index >= 15 is 0 Å². The van der Waals surface area contributed by atoms with Crippen LogP contribution in [0.25, 0.3) is 10.9 Å². The van der Waals surface area contributed by atoms with Gasteiger partial charge in [-0.05, 0) is 68.2 Å². The molecule has 1 fully saturated rings. The highest BCUT2D eigenvalue weighted by molar-refractivity contribution is 5.85. The first-order valence-electron chi connectivity index (χ1n) is 10.8. The minimum atomic E-state index is -0.165. The van der Waals surface area contributed by atoms with E-state index < -0.39 is 0 Å². The van der Waals surface area contributed by atoms with E-state index in [1.54, 1.807) is 12.1 Å². The van der Waals surface area contributed by atoms with Crippen LogP contribution in [0.4, 0.5) is 10.1 Å². The number of rotatable bonds is 5. The maximum Gasteiger partial charge on any atom is 0.123 e. The van der Waals surface area contributed by atoms with Crippen LogP contribution in [0.3, 0.4) is 0 Å². The summed E-state index contributed by atoms with van der Waals surface area (Å²) in [5, 5.41) is 5.11. The Labute approximate surface area is 171 Å². The van der Waals surface area contributed by atoms with E-state index in [9.17, 15) is 4.39 Å². The molecule has 29 heavy (non-hydrogen) atoms. The topological polar surface area (TPSA) is 34.3 Å². The Bertz CT molecular complexity index is 957. The van der Waals surface area contributed by atoms with Gasteiger partial charge in [-0.25, -0.2) is 4.39 Å². The van der Waals surface area contributed by atoms with Crippen molar-refractivity contribution in [2.75, 3.05) is 44.2 Å². The summed E-state index contributed by atoms with van der Waals surface area (Å²) in [7, 11) is 0. The fraction of sp³-hybridized carbons (Fsp3) is 0.417. The predicted molar refractivity (Wildman–Crippen MR) is 117 cm³/mol. The van der Waals surface area contributed by atoms with E-state index in [1.165, 1.54) is 28.6 Å². The van der Waals surface area contributed by atoms with Crippen LogP contribution in [-0.2, 0) is 6.42 Å². The summed E-state index contributed by atoms with van der Waals surface area (Å²) in [5.74, 6) is -0.165. The zero-order valence-electron chi connectivity index (χ0n) is 16.8. The van der Waals surface area contributed by atoms with Gasteiger partial charge in [-0.3, -0.25) is 4.90 Å². The number of anilines is 1. The van der Waals surface area contributed by atoms with Crippen molar-refractivity contribution in [1.29, 1.82) is 0 Å². The number of H-pyrrole nitrogens is 1. The van der Waals surface area contributed by atoms with Crippen LogP contribution in [0.2, 0.25) is 0 Å². The number of benzene rings is 2. The molecule has 3 aromatic rings. The van der Waals surface area contributed by atoms with Gasteiger partial charge in [0.25, 0.3) is 0 Å². The molecule has 1 aromatic heterocycles. The molecule has 5 heteroatoms. The van der Waals surface area contributed by atoms with E-state index in [1.807, 2.05) is 12.1 Å². The van der Waals surface area contributed by atoms with Gasteiger partial charge in [0, 0.05) is 54.5 Å². The van der Waals surface area contributed by atoms with Crippen molar-refractivity contribution in [2.45, 2.75) is 25.3 Å². The number of fused-ring (bicyclic) bond motifs is 3. The zero-order chi connectivity index (χ0) is 19.6. The van der Waals surface area contributed by atoms with Crippen LogP contribution in [-0.4, -0.2) is 49.2 Å². The Balaban J connectivity index is 1.14. The number of nitrogens with one attached hydrogen (secondary N) is 2. The molecule has 5 rings (SSSR count). The van der Waals surface area contributed by atoms with Gasteiger partial charge in [0.05, 0.1) is 0 Å². The molecule has 1 atom stereocenters. The molecular formula is C24H29FN4. The number of aromatic amines is 1. The molecule has 3 heterocycles. The fourth-order valence-electron chi connectivity index (χ4n) is 4.91. The predicted octanol–water partition coefficient (Wildman–Crippen LogP) is 4.10. The first-order valence-corrected chi connectivity index (χ1v) is 10.8. The normalized spacial score (nSPS) is 20.2. The zero-order valence-corrected chi connectivity index (χ0v) is 16.8. The van der Waals surface area contributed by atoms with E-state index in [0.29, 0.717) is 6.04 Å². The lowest BCUT2D eigenvalue weighted by Crippen LogP contribution is -2.46. The van der Waals surface area contributed by atoms with Crippen LogP contribution in [0, 0.1) is 5.82 Å². The van der Waals surface area contributed by atoms with Crippen molar-refractivity contribution in [3.8, 4) is 0 Å². The summed E-state index contributed by atoms with van der Waals surface area (Å²) < 4.78 is 13.1. The third-order valence-electron chi connectivity index (χ3n) is 6.49. The number of hydrogen-bond donors (Lipinski definition) is 2. The first-order chi connectivity index (χ1) is 14.3. The molecule has 4 nitrogen and oxygen atoms in total. The molecule has 2 aliphatic rings. The number of hydrogen-bond acceptors (Lipinski definition) is 3. The molecule has 0 spiro atoms. The van der Waals surface area contributed by atoms with Gasteiger partial charge in [-0.1, -0.05) is 18.2 Å². The number of halogens is 1. The van der Waals surface area contributed by atoms with Crippen LogP contribution in [0.5, 0.6) is 0 Å². The van der Waals surface area contributed by atoms with Gasteiger partial charge in [0.2, 0.25) is 0 Å². The molecule has 0 aliphatic carbocycles. The van der Waals surface area contributed by atoms with Crippen molar-refractivity contribution >= 4 is 16.6 Å². The average molecular weight is 393 g/mol. The highest BCUT2D eigenvalue weighted by Crippen LogP contribution is 2.32. The summed E-state index contributed by atoms with van der Waals surface area (Å²) in [6.07, 6.45) is 3.47. The molecule has 2 N–H and O–H groups in total. The Kier molecular flexibility index (Phi) is 5.25. The van der Waals surface area contributed by atoms with Crippen LogP contribution < -0.4 is 10.2 Å². The quantitative estimate of drug-likeness (QED) is 0.686. The molecule has 2 aliphatic heterocycles. The second kappa shape index (κ2) is 8.17. The summed E-state index contributed by atoms with van der Waals surface area (Å²) >= 11 is 0. The van der Waals surface area contributed by atoms with Gasteiger partial charge in [0.15, 0.2) is 0 Å². The maximum atomic E-state index is 13.1. The first kappa shape index (κ1) is 18.6. The lowest BCUT2D eigenvalue weighted by Gasteiger charge is -2.36. The van der Waals surface area contributed by atoms with Crippen LogP contribution in [0.15, 0.2) is 48.5 Å². The Morgan fingerprint density at radius 2 is 1.76 bits per heavy atom. The van der Waals surface area contributed by atoms with Crippen molar-refractivity contribution in [3.05, 3.63) is 65.6 Å². The molecule has 2 aromatic carbocycles. The molecule has 152 valence electrons. The standard InChI is InChI=1S/C24H29FN4/c25-18-7-9-19(10-8-18)29-16-14-28(15-17-29)13-3-6-23-24-21(11-12-26-23)20-4-1-2-5-22(20)27-24/h1-2,4-5,7-10,23,26-27H,3,6,11-17H2. The van der Waals surface area contributed by atoms with Crippen LogP contribution >= 0.6 is 0 Å². The van der Waals surface area contributed by atoms with Crippen molar-refractivity contribution in [1.82, 2.24) is 15.2 Å². The number of aromatic nitrogens is 1. The third kappa shape index (κ3) is 3.89. The maximum absolute atomic E-state index is 13.1. The van der Waals surface area contributed by atoms with Gasteiger partial charge >= 0.3 is 0 Å². The number of nitrogens with zero attached hydrogens (tertiary/aromatic N) is 2. The second-order valence-electron chi connectivity index (χ2n) is 8.27. The van der Waals surface area contributed by atoms with E-state index in [0.717, 1.165) is 57.8 Å². The van der Waals surface area contributed by atoms with Crippen molar-refractivity contribution in [2.24, 2.45) is 0 Å². The summed E-state index contributed by atoms with van der Waals surface area (Å²) in [5.41, 5.74) is 5.31. The molecule has 1 unspecified atom stereocenters. The monoisotopic (exact) mass is 392 g/mol. The van der Waals surface area contributed by atoms with E-state index in [-0.39, 0.29) is 5.82 Å². The van der Waals surface area contributed by atoms with Crippen molar-refractivity contribution < 1.29 is 4.39 Å². The van der Waals surface area contributed by atoms with Gasteiger partial charge in [0.1, 0.15) is 5.82 Å². The number of piperazine rings is 1. The minimum absolute atomic E-state index is 0.165. The largest absolute Gasteiger partial charge is 0.369 e. The molecule has 0 amide bonds. The Morgan fingerprint density at radius 1 is 0.966 bits per heavy atom. The summed E-state index contributed by atoms with van der Waals surface area (Å²) in [4.78, 5) is 8.59. The highest BCUT2D eigenvalue weighted by Gasteiger charge is 2.24. The van der Waals surface area contributed by atoms with Gasteiger partial charge < -0.3 is 15.2 Å². The smallest absolute Gasteiger partial charge is 0.123 e. The van der Waals surface area contributed by atoms with E-state index in [4.69, 9.17) is 0 Å². The SMILES string of the molecule is Fc1ccc(N2CCN(CCCC3NCCc4c3[nH]c3ccccc43)CC2)cc1. The molecule has 0 radical (unpaired) electrons. The van der Waals surface area contributed by atoms with Crippen LogP contribution in [0.1, 0.15) is 30.1 Å². The lowest BCUT2D eigenvalue weighted by atomic mass is 9.96. The number of para-hydroxylation sites is 1. The third-order valence-corrected chi connectivity index (χ3v) is 6.49. The second-order valence-corrected chi connectivity index (χ2v) is 8.27. The average Bonchev–Trinajstić information content (AvgIpc) is 3.15. The highest BCUT2D eigenvalue weighted by atomic mass is 19.1. The van der Waals surface area contributed by atoms with Gasteiger partial charge in [-0.15, -0.1) is 0 Å². The molecule has 1 saturated heterocycles. The molecule has 0 bridgehead atoms. The van der Waals surface area contributed by atoms with Crippen molar-refractivity contribution in [3.63, 3.8) is 0 Å². The molecular weight excluding hydrogens is 363 g/mol. The Morgan fingerprint density at radius 3 is 2.59 bits per heavy atom. The van der Waals surface area contributed by atoms with E-state index in [2.05, 4.69) is 44.4 Å².